The minimum absolute atomic E-state index is 0.958. The Morgan fingerprint density at radius 3 is 2.43 bits per heavy atom. The van der Waals surface area contributed by atoms with Crippen LogP contribution in [0.25, 0.3) is 11.1 Å². The number of rotatable bonds is 5. The van der Waals surface area contributed by atoms with Gasteiger partial charge in [0, 0.05) is 21.9 Å². The Morgan fingerprint density at radius 1 is 0.905 bits per heavy atom. The predicted molar refractivity (Wildman–Crippen MR) is 95.1 cm³/mol. The molecule has 0 atom stereocenters. The zero-order valence-electron chi connectivity index (χ0n) is 11.7. The quantitative estimate of drug-likeness (QED) is 0.575. The Balaban J connectivity index is 1.59. The van der Waals surface area contributed by atoms with E-state index in [1.807, 2.05) is 10.9 Å². The summed E-state index contributed by atoms with van der Waals surface area (Å²) >= 11 is 2.32. The highest BCUT2D eigenvalue weighted by Crippen LogP contribution is 2.19. The number of aromatic nitrogens is 2. The Hall–Kier alpha value is -1.62. The van der Waals surface area contributed by atoms with E-state index in [9.17, 15) is 0 Å². The summed E-state index contributed by atoms with van der Waals surface area (Å²) in [6, 6.07) is 19.2. The van der Waals surface area contributed by atoms with E-state index in [0.29, 0.717) is 0 Å². The van der Waals surface area contributed by atoms with Crippen LogP contribution in [-0.2, 0) is 13.0 Å². The van der Waals surface area contributed by atoms with Gasteiger partial charge in [0.25, 0.3) is 0 Å². The Kier molecular flexibility index (Phi) is 4.70. The fourth-order valence-electron chi connectivity index (χ4n) is 2.37. The first-order chi connectivity index (χ1) is 10.3. The van der Waals surface area contributed by atoms with Gasteiger partial charge in [-0.2, -0.15) is 5.10 Å². The SMILES string of the molecule is Ic1ccc(-c2cnn(CCCc3ccccc3)c2)cc1. The van der Waals surface area contributed by atoms with Crippen LogP contribution in [0.3, 0.4) is 0 Å². The standard InChI is InChI=1S/C18H17IN2/c19-18-10-8-16(9-11-18)17-13-20-21(14-17)12-4-7-15-5-2-1-3-6-15/h1-3,5-6,8-11,13-14H,4,7,12H2. The van der Waals surface area contributed by atoms with Crippen molar-refractivity contribution in [3.63, 3.8) is 0 Å². The molecule has 0 saturated carbocycles. The molecule has 106 valence electrons. The zero-order chi connectivity index (χ0) is 14.5. The second kappa shape index (κ2) is 6.89. The third-order valence-corrected chi connectivity index (χ3v) is 4.23. The summed E-state index contributed by atoms with van der Waals surface area (Å²) in [5.41, 5.74) is 3.80. The van der Waals surface area contributed by atoms with Crippen molar-refractivity contribution in [3.05, 3.63) is 76.1 Å². The molecule has 21 heavy (non-hydrogen) atoms. The van der Waals surface area contributed by atoms with Crippen molar-refractivity contribution < 1.29 is 0 Å². The second-order valence-corrected chi connectivity index (χ2v) is 6.33. The van der Waals surface area contributed by atoms with Crippen molar-refractivity contribution >= 4 is 22.6 Å². The van der Waals surface area contributed by atoms with Gasteiger partial charge >= 0.3 is 0 Å². The molecule has 2 aromatic carbocycles. The number of hydrogen-bond donors (Lipinski definition) is 0. The van der Waals surface area contributed by atoms with Crippen LogP contribution in [0, 0.1) is 3.57 Å². The molecule has 0 aliphatic rings. The molecule has 3 aromatic rings. The topological polar surface area (TPSA) is 17.8 Å². The number of aryl methyl sites for hydroxylation is 2. The summed E-state index contributed by atoms with van der Waals surface area (Å²) < 4.78 is 3.29. The van der Waals surface area contributed by atoms with Gasteiger partial charge in [-0.3, -0.25) is 4.68 Å². The number of halogens is 1. The van der Waals surface area contributed by atoms with Gasteiger partial charge < -0.3 is 0 Å². The molecule has 0 aliphatic heterocycles. The highest BCUT2D eigenvalue weighted by molar-refractivity contribution is 14.1. The first-order valence-corrected chi connectivity index (χ1v) is 8.21. The predicted octanol–water partition coefficient (Wildman–Crippen LogP) is 4.79. The van der Waals surface area contributed by atoms with Gasteiger partial charge in [0.2, 0.25) is 0 Å². The smallest absolute Gasteiger partial charge is 0.0568 e. The monoisotopic (exact) mass is 388 g/mol. The number of nitrogens with zero attached hydrogens (tertiary/aromatic N) is 2. The first kappa shape index (κ1) is 14.3. The van der Waals surface area contributed by atoms with E-state index in [2.05, 4.69) is 88.5 Å². The number of benzene rings is 2. The van der Waals surface area contributed by atoms with E-state index in [1.54, 1.807) is 0 Å². The van der Waals surface area contributed by atoms with Crippen molar-refractivity contribution in [3.8, 4) is 11.1 Å². The van der Waals surface area contributed by atoms with Crippen LogP contribution in [0.1, 0.15) is 12.0 Å². The van der Waals surface area contributed by atoms with Crippen LogP contribution in [0.2, 0.25) is 0 Å². The average molecular weight is 388 g/mol. The Morgan fingerprint density at radius 2 is 1.67 bits per heavy atom. The Bertz CT molecular complexity index is 687. The van der Waals surface area contributed by atoms with E-state index in [0.717, 1.165) is 19.4 Å². The maximum atomic E-state index is 4.46. The van der Waals surface area contributed by atoms with Gasteiger partial charge in [-0.1, -0.05) is 42.5 Å². The van der Waals surface area contributed by atoms with E-state index < -0.39 is 0 Å². The second-order valence-electron chi connectivity index (χ2n) is 5.09. The molecule has 0 amide bonds. The van der Waals surface area contributed by atoms with Crippen molar-refractivity contribution in [1.82, 2.24) is 9.78 Å². The molecule has 3 rings (SSSR count). The molecule has 0 radical (unpaired) electrons. The lowest BCUT2D eigenvalue weighted by Crippen LogP contribution is -1.99. The van der Waals surface area contributed by atoms with Crippen molar-refractivity contribution in [2.75, 3.05) is 0 Å². The van der Waals surface area contributed by atoms with Crippen LogP contribution in [0.5, 0.6) is 0 Å². The lowest BCUT2D eigenvalue weighted by molar-refractivity contribution is 0.579. The van der Waals surface area contributed by atoms with Gasteiger partial charge in [0.15, 0.2) is 0 Å². The largest absolute Gasteiger partial charge is 0.272 e. The van der Waals surface area contributed by atoms with Crippen molar-refractivity contribution in [2.45, 2.75) is 19.4 Å². The van der Waals surface area contributed by atoms with Crippen LogP contribution < -0.4 is 0 Å². The van der Waals surface area contributed by atoms with Crippen molar-refractivity contribution in [1.29, 1.82) is 0 Å². The van der Waals surface area contributed by atoms with Crippen LogP contribution in [0.4, 0.5) is 0 Å². The van der Waals surface area contributed by atoms with E-state index in [-0.39, 0.29) is 0 Å². The summed E-state index contributed by atoms with van der Waals surface area (Å²) in [4.78, 5) is 0. The van der Waals surface area contributed by atoms with Crippen LogP contribution >= 0.6 is 22.6 Å². The van der Waals surface area contributed by atoms with Gasteiger partial charge in [0.05, 0.1) is 6.20 Å². The van der Waals surface area contributed by atoms with Gasteiger partial charge in [0.1, 0.15) is 0 Å². The number of hydrogen-bond acceptors (Lipinski definition) is 1. The lowest BCUT2D eigenvalue weighted by Gasteiger charge is -2.02. The third kappa shape index (κ3) is 3.94. The molecule has 0 N–H and O–H groups in total. The van der Waals surface area contributed by atoms with E-state index in [4.69, 9.17) is 0 Å². The highest BCUT2D eigenvalue weighted by Gasteiger charge is 2.02. The molecule has 2 nitrogen and oxygen atoms in total. The maximum Gasteiger partial charge on any atom is 0.0568 e. The average Bonchev–Trinajstić information content (AvgIpc) is 2.98. The van der Waals surface area contributed by atoms with Gasteiger partial charge in [-0.05, 0) is 58.7 Å². The highest BCUT2D eigenvalue weighted by atomic mass is 127. The fraction of sp³-hybridized carbons (Fsp3) is 0.167. The molecule has 3 heteroatoms. The van der Waals surface area contributed by atoms with E-state index >= 15 is 0 Å². The summed E-state index contributed by atoms with van der Waals surface area (Å²) in [6.45, 7) is 0.958. The summed E-state index contributed by atoms with van der Waals surface area (Å²) in [5, 5.41) is 4.46. The molecule has 1 aromatic heterocycles. The first-order valence-electron chi connectivity index (χ1n) is 7.13. The summed E-state index contributed by atoms with van der Waals surface area (Å²) in [6.07, 6.45) is 6.29. The Labute approximate surface area is 139 Å². The van der Waals surface area contributed by atoms with Crippen LogP contribution in [-0.4, -0.2) is 9.78 Å². The van der Waals surface area contributed by atoms with E-state index in [1.165, 1.54) is 20.3 Å². The third-order valence-electron chi connectivity index (χ3n) is 3.51. The molecule has 0 bridgehead atoms. The minimum Gasteiger partial charge on any atom is -0.272 e. The minimum atomic E-state index is 0.958. The van der Waals surface area contributed by atoms with Crippen molar-refractivity contribution in [2.24, 2.45) is 0 Å². The fourth-order valence-corrected chi connectivity index (χ4v) is 2.73. The molecule has 0 aliphatic carbocycles. The molecular weight excluding hydrogens is 371 g/mol. The molecule has 0 spiro atoms. The lowest BCUT2D eigenvalue weighted by atomic mass is 10.1. The van der Waals surface area contributed by atoms with Gasteiger partial charge in [-0.15, -0.1) is 0 Å². The normalized spacial score (nSPS) is 10.7. The molecular formula is C18H17IN2. The zero-order valence-corrected chi connectivity index (χ0v) is 13.9. The van der Waals surface area contributed by atoms with Crippen LogP contribution in [0.15, 0.2) is 67.0 Å². The molecule has 0 fully saturated rings. The molecule has 0 saturated heterocycles. The van der Waals surface area contributed by atoms with Gasteiger partial charge in [-0.25, -0.2) is 0 Å². The maximum absolute atomic E-state index is 4.46. The summed E-state index contributed by atoms with van der Waals surface area (Å²) in [7, 11) is 0. The molecule has 1 heterocycles. The summed E-state index contributed by atoms with van der Waals surface area (Å²) in [5.74, 6) is 0. The molecule has 0 unspecified atom stereocenters.